The molecule has 0 saturated carbocycles. The van der Waals surface area contributed by atoms with Gasteiger partial charge in [-0.1, -0.05) is 37.0 Å². The van der Waals surface area contributed by atoms with Gasteiger partial charge in [-0.2, -0.15) is 0 Å². The molecule has 0 aromatic heterocycles. The Balaban J connectivity index is 2.11. The van der Waals surface area contributed by atoms with Gasteiger partial charge in [-0.25, -0.2) is 0 Å². The molecule has 1 aliphatic heterocycles. The predicted molar refractivity (Wildman–Crippen MR) is 84.5 cm³/mol. The van der Waals surface area contributed by atoms with Crippen LogP contribution in [-0.4, -0.2) is 18.9 Å². The highest BCUT2D eigenvalue weighted by atomic mass is 35.5. The molecule has 0 bridgehead atoms. The smallest absolute Gasteiger partial charge is 0.143 e. The molecule has 1 aliphatic rings. The van der Waals surface area contributed by atoms with Crippen molar-refractivity contribution in [3.63, 3.8) is 0 Å². The van der Waals surface area contributed by atoms with Crippen molar-refractivity contribution < 1.29 is 4.79 Å². The van der Waals surface area contributed by atoms with Crippen molar-refractivity contribution in [2.24, 2.45) is 11.3 Å². The first-order valence-electron chi connectivity index (χ1n) is 7.09. The van der Waals surface area contributed by atoms with Crippen LogP contribution in [0.3, 0.4) is 0 Å². The van der Waals surface area contributed by atoms with Gasteiger partial charge in [-0.3, -0.25) is 4.79 Å². The molecule has 1 atom stereocenters. The molecule has 0 amide bonds. The third-order valence-electron chi connectivity index (χ3n) is 4.39. The first kappa shape index (κ1) is 15.8. The molecular formula is C16H21Cl2NO. The topological polar surface area (TPSA) is 29.1 Å². The number of piperidine rings is 1. The third-order valence-corrected chi connectivity index (χ3v) is 5.00. The zero-order valence-corrected chi connectivity index (χ0v) is 13.5. The Bertz CT molecular complexity index is 493. The number of Topliss-reactive ketones (excluding diaryl/α,β-unsaturated/α-hetero) is 1. The van der Waals surface area contributed by atoms with E-state index in [4.69, 9.17) is 23.2 Å². The van der Waals surface area contributed by atoms with Crippen LogP contribution in [0.1, 0.15) is 32.3 Å². The summed E-state index contributed by atoms with van der Waals surface area (Å²) in [5.74, 6) is 0.622. The number of rotatable bonds is 4. The van der Waals surface area contributed by atoms with Crippen molar-refractivity contribution in [3.8, 4) is 0 Å². The highest BCUT2D eigenvalue weighted by Gasteiger charge is 2.36. The molecule has 2 rings (SSSR count). The summed E-state index contributed by atoms with van der Waals surface area (Å²) in [5, 5.41) is 4.61. The highest BCUT2D eigenvalue weighted by molar-refractivity contribution is 6.33. The van der Waals surface area contributed by atoms with E-state index in [9.17, 15) is 4.79 Å². The average molecular weight is 314 g/mol. The zero-order chi connectivity index (χ0) is 14.8. The van der Waals surface area contributed by atoms with E-state index in [2.05, 4.69) is 5.32 Å². The van der Waals surface area contributed by atoms with Crippen LogP contribution in [-0.2, 0) is 11.2 Å². The normalized spacial score (nSPS) is 19.9. The summed E-state index contributed by atoms with van der Waals surface area (Å²) in [6.45, 7) is 6.07. The van der Waals surface area contributed by atoms with Crippen LogP contribution in [0.25, 0.3) is 0 Å². The maximum absolute atomic E-state index is 12.7. The summed E-state index contributed by atoms with van der Waals surface area (Å²) in [6, 6.07) is 5.28. The summed E-state index contributed by atoms with van der Waals surface area (Å²) in [7, 11) is 0. The number of hydrogen-bond donors (Lipinski definition) is 1. The molecule has 4 heteroatoms. The van der Waals surface area contributed by atoms with Crippen molar-refractivity contribution in [2.75, 3.05) is 13.1 Å². The Morgan fingerprint density at radius 3 is 2.80 bits per heavy atom. The molecule has 0 aliphatic carbocycles. The minimum atomic E-state index is -0.334. The molecular weight excluding hydrogens is 293 g/mol. The number of carbonyl (C=O) groups is 1. The lowest BCUT2D eigenvalue weighted by atomic mass is 9.71. The minimum Gasteiger partial charge on any atom is -0.316 e. The monoisotopic (exact) mass is 313 g/mol. The Kier molecular flexibility index (Phi) is 5.11. The standard InChI is InChI=1S/C16H21Cl2NO/c1-16(2,12-4-3-7-19-10-12)15(20)9-11-8-13(17)5-6-14(11)18/h5-6,8,12,19H,3-4,7,9-10H2,1-2H3. The molecule has 1 saturated heterocycles. The number of ketones is 1. The summed E-state index contributed by atoms with van der Waals surface area (Å²) >= 11 is 12.1. The summed E-state index contributed by atoms with van der Waals surface area (Å²) in [4.78, 5) is 12.7. The van der Waals surface area contributed by atoms with E-state index in [1.807, 2.05) is 13.8 Å². The SMILES string of the molecule is CC(C)(C(=O)Cc1cc(Cl)ccc1Cl)C1CCCNC1. The van der Waals surface area contributed by atoms with E-state index < -0.39 is 0 Å². The lowest BCUT2D eigenvalue weighted by molar-refractivity contribution is -0.129. The maximum Gasteiger partial charge on any atom is 0.143 e. The van der Waals surface area contributed by atoms with Crippen LogP contribution in [0, 0.1) is 11.3 Å². The fourth-order valence-corrected chi connectivity index (χ4v) is 3.15. The molecule has 1 heterocycles. The second kappa shape index (κ2) is 6.46. The fraction of sp³-hybridized carbons (Fsp3) is 0.562. The van der Waals surface area contributed by atoms with Gasteiger partial charge in [0.2, 0.25) is 0 Å². The van der Waals surface area contributed by atoms with Crippen molar-refractivity contribution in [2.45, 2.75) is 33.1 Å². The highest BCUT2D eigenvalue weighted by Crippen LogP contribution is 2.34. The van der Waals surface area contributed by atoms with E-state index >= 15 is 0 Å². The Morgan fingerprint density at radius 2 is 2.15 bits per heavy atom. The van der Waals surface area contributed by atoms with Gasteiger partial charge < -0.3 is 5.32 Å². The lowest BCUT2D eigenvalue weighted by Crippen LogP contribution is -2.43. The van der Waals surface area contributed by atoms with Gasteiger partial charge in [0.1, 0.15) is 5.78 Å². The van der Waals surface area contributed by atoms with Crippen LogP contribution in [0.2, 0.25) is 10.0 Å². The van der Waals surface area contributed by atoms with E-state index in [1.54, 1.807) is 18.2 Å². The number of hydrogen-bond acceptors (Lipinski definition) is 2. The molecule has 1 aromatic carbocycles. The molecule has 0 radical (unpaired) electrons. The van der Waals surface area contributed by atoms with Gasteiger partial charge >= 0.3 is 0 Å². The Morgan fingerprint density at radius 1 is 1.40 bits per heavy atom. The Hall–Kier alpha value is -0.570. The van der Waals surface area contributed by atoms with E-state index in [0.717, 1.165) is 31.5 Å². The first-order valence-corrected chi connectivity index (χ1v) is 7.85. The van der Waals surface area contributed by atoms with Crippen molar-refractivity contribution in [1.82, 2.24) is 5.32 Å². The van der Waals surface area contributed by atoms with E-state index in [1.165, 1.54) is 0 Å². The molecule has 2 nitrogen and oxygen atoms in total. The Labute approximate surface area is 130 Å². The molecule has 1 fully saturated rings. The van der Waals surface area contributed by atoms with E-state index in [0.29, 0.717) is 22.4 Å². The molecule has 0 spiro atoms. The third kappa shape index (κ3) is 3.55. The number of nitrogens with one attached hydrogen (secondary N) is 1. The van der Waals surface area contributed by atoms with Gasteiger partial charge in [0.05, 0.1) is 0 Å². The van der Waals surface area contributed by atoms with Gasteiger partial charge in [0.25, 0.3) is 0 Å². The van der Waals surface area contributed by atoms with Crippen LogP contribution in [0.15, 0.2) is 18.2 Å². The first-order chi connectivity index (χ1) is 9.41. The number of halogens is 2. The summed E-state index contributed by atoms with van der Waals surface area (Å²) in [5.41, 5.74) is 0.486. The molecule has 20 heavy (non-hydrogen) atoms. The van der Waals surface area contributed by atoms with Crippen molar-refractivity contribution in [1.29, 1.82) is 0 Å². The average Bonchev–Trinajstić information content (AvgIpc) is 2.43. The molecule has 1 unspecified atom stereocenters. The largest absolute Gasteiger partial charge is 0.316 e. The van der Waals surface area contributed by atoms with Gasteiger partial charge in [0, 0.05) is 21.9 Å². The second-order valence-corrected chi connectivity index (χ2v) is 6.94. The van der Waals surface area contributed by atoms with Crippen molar-refractivity contribution in [3.05, 3.63) is 33.8 Å². The second-order valence-electron chi connectivity index (χ2n) is 6.10. The quantitative estimate of drug-likeness (QED) is 0.905. The predicted octanol–water partition coefficient (Wildman–Crippen LogP) is 4.13. The van der Waals surface area contributed by atoms with E-state index in [-0.39, 0.29) is 11.2 Å². The molecule has 110 valence electrons. The lowest BCUT2D eigenvalue weighted by Gasteiger charge is -2.36. The zero-order valence-electron chi connectivity index (χ0n) is 12.0. The van der Waals surface area contributed by atoms with Crippen LogP contribution in [0.5, 0.6) is 0 Å². The molecule has 1 aromatic rings. The maximum atomic E-state index is 12.7. The van der Waals surface area contributed by atoms with Crippen LogP contribution >= 0.6 is 23.2 Å². The van der Waals surface area contributed by atoms with Crippen molar-refractivity contribution >= 4 is 29.0 Å². The summed E-state index contributed by atoms with van der Waals surface area (Å²) in [6.07, 6.45) is 2.59. The fourth-order valence-electron chi connectivity index (χ4n) is 2.78. The van der Waals surface area contributed by atoms with Crippen LogP contribution < -0.4 is 5.32 Å². The minimum absolute atomic E-state index is 0.232. The number of carbonyl (C=O) groups excluding carboxylic acids is 1. The summed E-state index contributed by atoms with van der Waals surface area (Å²) < 4.78 is 0. The van der Waals surface area contributed by atoms with Gasteiger partial charge in [0.15, 0.2) is 0 Å². The van der Waals surface area contributed by atoms with Crippen LogP contribution in [0.4, 0.5) is 0 Å². The molecule has 1 N–H and O–H groups in total. The number of benzene rings is 1. The van der Waals surface area contributed by atoms with Gasteiger partial charge in [-0.05, 0) is 55.6 Å². The van der Waals surface area contributed by atoms with Gasteiger partial charge in [-0.15, -0.1) is 0 Å².